The van der Waals surface area contributed by atoms with Gasteiger partial charge in [0, 0.05) is 6.42 Å². The van der Waals surface area contributed by atoms with E-state index < -0.39 is 11.8 Å². The highest BCUT2D eigenvalue weighted by Crippen LogP contribution is 2.10. The van der Waals surface area contributed by atoms with Gasteiger partial charge < -0.3 is 4.98 Å². The summed E-state index contributed by atoms with van der Waals surface area (Å²) in [5.41, 5.74) is 5.40. The average Bonchev–Trinajstić information content (AvgIpc) is 2.97. The summed E-state index contributed by atoms with van der Waals surface area (Å²) in [6, 6.07) is 7.35. The third-order valence-corrected chi connectivity index (χ3v) is 3.04. The van der Waals surface area contributed by atoms with Crippen LogP contribution in [0.5, 0.6) is 0 Å². The first kappa shape index (κ1) is 15.9. The smallest absolute Gasteiger partial charge is 0.310 e. The number of nitrogens with one attached hydrogen (secondary N) is 3. The molecule has 2 rings (SSSR count). The first-order chi connectivity index (χ1) is 10.7. The van der Waals surface area contributed by atoms with Gasteiger partial charge in [0.2, 0.25) is 5.91 Å². The van der Waals surface area contributed by atoms with Crippen LogP contribution < -0.4 is 11.0 Å². The van der Waals surface area contributed by atoms with Gasteiger partial charge in [-0.25, -0.2) is 15.9 Å². The molecule has 0 radical (unpaired) electrons. The van der Waals surface area contributed by atoms with Crippen molar-refractivity contribution in [2.24, 2.45) is 0 Å². The summed E-state index contributed by atoms with van der Waals surface area (Å²) < 4.78 is 0. The lowest BCUT2D eigenvalue weighted by molar-refractivity contribution is -0.129. The Morgan fingerprint density at radius 2 is 2.05 bits per heavy atom. The molecule has 0 fully saturated rings. The standard InChI is InChI=1S/C14H18N4O4/c19-12(17-21)8-2-1-5-9-22-18-14(20)13-15-10-6-3-4-7-11(10)16-13/h3-4,6-7,21H,1-2,5,8-9H2,(H,15,16)(H,17,19)(H,18,20). The molecule has 8 heteroatoms. The van der Waals surface area contributed by atoms with E-state index in [-0.39, 0.29) is 12.2 Å². The number of H-pyrrole nitrogens is 1. The largest absolute Gasteiger partial charge is 0.334 e. The molecule has 0 saturated heterocycles. The summed E-state index contributed by atoms with van der Waals surface area (Å²) in [5.74, 6) is -0.643. The Balaban J connectivity index is 1.64. The molecule has 1 heterocycles. The number of rotatable bonds is 8. The van der Waals surface area contributed by atoms with E-state index in [0.717, 1.165) is 17.5 Å². The minimum absolute atomic E-state index is 0.195. The number of nitrogens with zero attached hydrogens (tertiary/aromatic N) is 1. The maximum Gasteiger partial charge on any atom is 0.310 e. The normalized spacial score (nSPS) is 10.6. The van der Waals surface area contributed by atoms with Crippen molar-refractivity contribution in [3.63, 3.8) is 0 Å². The molecule has 0 atom stereocenters. The van der Waals surface area contributed by atoms with Crippen LogP contribution in [0, 0.1) is 0 Å². The first-order valence-corrected chi connectivity index (χ1v) is 7.00. The Labute approximate surface area is 126 Å². The number of benzene rings is 1. The number of imidazole rings is 1. The molecule has 118 valence electrons. The summed E-state index contributed by atoms with van der Waals surface area (Å²) in [6.07, 6.45) is 2.36. The molecule has 0 aliphatic heterocycles. The second-order valence-corrected chi connectivity index (χ2v) is 4.73. The molecule has 0 spiro atoms. The van der Waals surface area contributed by atoms with Crippen LogP contribution in [0.25, 0.3) is 11.0 Å². The van der Waals surface area contributed by atoms with Crippen molar-refractivity contribution in [1.82, 2.24) is 20.9 Å². The Kier molecular flexibility index (Phi) is 5.87. The lowest BCUT2D eigenvalue weighted by atomic mass is 10.2. The maximum atomic E-state index is 11.8. The minimum Gasteiger partial charge on any atom is -0.334 e. The van der Waals surface area contributed by atoms with Crippen molar-refractivity contribution < 1.29 is 19.6 Å². The first-order valence-electron chi connectivity index (χ1n) is 7.00. The van der Waals surface area contributed by atoms with Gasteiger partial charge in [0.1, 0.15) is 0 Å². The quantitative estimate of drug-likeness (QED) is 0.333. The van der Waals surface area contributed by atoms with Crippen molar-refractivity contribution in [1.29, 1.82) is 0 Å². The van der Waals surface area contributed by atoms with E-state index in [1.54, 1.807) is 5.48 Å². The van der Waals surface area contributed by atoms with Gasteiger partial charge in [-0.05, 0) is 25.0 Å². The number of carbonyl (C=O) groups excluding carboxylic acids is 2. The molecule has 0 saturated carbocycles. The van der Waals surface area contributed by atoms with Gasteiger partial charge in [-0.2, -0.15) is 0 Å². The zero-order valence-corrected chi connectivity index (χ0v) is 12.0. The van der Waals surface area contributed by atoms with Gasteiger partial charge in [-0.3, -0.25) is 19.6 Å². The Bertz CT molecular complexity index is 608. The van der Waals surface area contributed by atoms with Crippen molar-refractivity contribution >= 4 is 22.8 Å². The number of aromatic nitrogens is 2. The van der Waals surface area contributed by atoms with Gasteiger partial charge in [0.15, 0.2) is 5.82 Å². The fourth-order valence-electron chi connectivity index (χ4n) is 1.92. The fraction of sp³-hybridized carbons (Fsp3) is 0.357. The number of hydroxylamine groups is 2. The number of para-hydroxylation sites is 2. The molecule has 4 N–H and O–H groups in total. The lowest BCUT2D eigenvalue weighted by Gasteiger charge is -2.04. The van der Waals surface area contributed by atoms with Crippen LogP contribution in [0.15, 0.2) is 24.3 Å². The van der Waals surface area contributed by atoms with E-state index in [9.17, 15) is 9.59 Å². The second kappa shape index (κ2) is 8.11. The van der Waals surface area contributed by atoms with Crippen molar-refractivity contribution in [3.05, 3.63) is 30.1 Å². The van der Waals surface area contributed by atoms with Crippen molar-refractivity contribution in [2.45, 2.75) is 25.7 Å². The van der Waals surface area contributed by atoms with Crippen LogP contribution in [0.2, 0.25) is 0 Å². The van der Waals surface area contributed by atoms with Crippen molar-refractivity contribution in [2.75, 3.05) is 6.61 Å². The monoisotopic (exact) mass is 306 g/mol. The average molecular weight is 306 g/mol. The second-order valence-electron chi connectivity index (χ2n) is 4.73. The number of carbonyl (C=O) groups is 2. The summed E-state index contributed by atoms with van der Waals surface area (Å²) >= 11 is 0. The number of hydrogen-bond donors (Lipinski definition) is 4. The van der Waals surface area contributed by atoms with E-state index in [2.05, 4.69) is 15.4 Å². The topological polar surface area (TPSA) is 116 Å². The molecule has 0 aliphatic carbocycles. The number of aromatic amines is 1. The number of unbranched alkanes of at least 4 members (excludes halogenated alkanes) is 2. The lowest BCUT2D eigenvalue weighted by Crippen LogP contribution is -2.25. The predicted molar refractivity (Wildman–Crippen MR) is 77.9 cm³/mol. The fourth-order valence-corrected chi connectivity index (χ4v) is 1.92. The van der Waals surface area contributed by atoms with Crippen LogP contribution in [-0.2, 0) is 9.63 Å². The molecule has 1 aromatic carbocycles. The molecule has 0 bridgehead atoms. The number of hydrogen-bond acceptors (Lipinski definition) is 5. The van der Waals surface area contributed by atoms with Gasteiger partial charge in [0.25, 0.3) is 0 Å². The van der Waals surface area contributed by atoms with Gasteiger partial charge in [0.05, 0.1) is 17.6 Å². The summed E-state index contributed by atoms with van der Waals surface area (Å²) in [7, 11) is 0. The van der Waals surface area contributed by atoms with E-state index in [1.165, 1.54) is 0 Å². The Morgan fingerprint density at radius 3 is 2.82 bits per heavy atom. The molecule has 0 unspecified atom stereocenters. The summed E-state index contributed by atoms with van der Waals surface area (Å²) in [6.45, 7) is 0.340. The molecular formula is C14H18N4O4. The van der Waals surface area contributed by atoms with Crippen LogP contribution in [-0.4, -0.2) is 33.6 Å². The highest BCUT2D eigenvalue weighted by Gasteiger charge is 2.10. The molecule has 0 aliphatic rings. The zero-order valence-electron chi connectivity index (χ0n) is 12.0. The predicted octanol–water partition coefficient (Wildman–Crippen LogP) is 1.29. The van der Waals surface area contributed by atoms with E-state index in [1.807, 2.05) is 24.3 Å². The van der Waals surface area contributed by atoms with Crippen molar-refractivity contribution in [3.8, 4) is 0 Å². The molecule has 2 amide bonds. The van der Waals surface area contributed by atoms with Gasteiger partial charge in [-0.1, -0.05) is 18.6 Å². The molecule has 8 nitrogen and oxygen atoms in total. The highest BCUT2D eigenvalue weighted by atomic mass is 16.6. The van der Waals surface area contributed by atoms with E-state index in [4.69, 9.17) is 10.0 Å². The molecule has 2 aromatic rings. The summed E-state index contributed by atoms with van der Waals surface area (Å²) in [4.78, 5) is 34.7. The van der Waals surface area contributed by atoms with Gasteiger partial charge in [-0.15, -0.1) is 0 Å². The van der Waals surface area contributed by atoms with E-state index in [0.29, 0.717) is 19.4 Å². The SMILES string of the molecule is O=C(CCCCCONC(=O)c1nc2ccccc2[nH]1)NO. The third-order valence-electron chi connectivity index (χ3n) is 3.04. The maximum absolute atomic E-state index is 11.8. The van der Waals surface area contributed by atoms with Crippen LogP contribution in [0.1, 0.15) is 36.3 Å². The third kappa shape index (κ3) is 4.54. The number of fused-ring (bicyclic) bond motifs is 1. The highest BCUT2D eigenvalue weighted by molar-refractivity contribution is 5.93. The Morgan fingerprint density at radius 1 is 1.23 bits per heavy atom. The summed E-state index contributed by atoms with van der Waals surface area (Å²) in [5, 5.41) is 8.32. The van der Waals surface area contributed by atoms with Gasteiger partial charge >= 0.3 is 5.91 Å². The molecule has 1 aromatic heterocycles. The number of amides is 2. The van der Waals surface area contributed by atoms with Crippen LogP contribution >= 0.6 is 0 Å². The van der Waals surface area contributed by atoms with Crippen LogP contribution in [0.4, 0.5) is 0 Å². The molecular weight excluding hydrogens is 288 g/mol. The van der Waals surface area contributed by atoms with Crippen LogP contribution in [0.3, 0.4) is 0 Å². The zero-order chi connectivity index (χ0) is 15.8. The Hall–Kier alpha value is -2.45. The van der Waals surface area contributed by atoms with E-state index >= 15 is 0 Å². The minimum atomic E-state index is -0.434. The molecule has 22 heavy (non-hydrogen) atoms.